The second-order valence-electron chi connectivity index (χ2n) is 20.9. The van der Waals surface area contributed by atoms with Crippen molar-refractivity contribution in [3.05, 3.63) is 208 Å². The number of rotatable bonds is 13. The highest BCUT2D eigenvalue weighted by Gasteiger charge is 2.73. The van der Waals surface area contributed by atoms with Crippen molar-refractivity contribution >= 4 is 47.6 Å². The van der Waals surface area contributed by atoms with Gasteiger partial charge in [-0.05, 0) is 136 Å². The molecule has 0 saturated heterocycles. The van der Waals surface area contributed by atoms with E-state index in [1.54, 1.807) is 0 Å². The van der Waals surface area contributed by atoms with Crippen LogP contribution in [0.25, 0.3) is 0 Å². The molecule has 3 aliphatic heterocycles. The van der Waals surface area contributed by atoms with E-state index in [1.165, 1.54) is 54.9 Å². The topological polar surface area (TPSA) is 24.5 Å². The summed E-state index contributed by atoms with van der Waals surface area (Å²) < 4.78 is 19.4. The molecule has 0 aliphatic carbocycles. The summed E-state index contributed by atoms with van der Waals surface area (Å²) in [4.78, 5) is 0. The molecule has 5 heteroatoms. The molecule has 0 aromatic heterocycles. The molecule has 7 aromatic rings. The van der Waals surface area contributed by atoms with Crippen molar-refractivity contribution in [3.8, 4) is 11.5 Å². The smallest absolute Gasteiger partial charge is 0.339 e. The summed E-state index contributed by atoms with van der Waals surface area (Å²) in [5.74, 6) is 1.80. The average molecular weight is 901 g/mol. The van der Waals surface area contributed by atoms with Crippen LogP contribution in [0.15, 0.2) is 158 Å². The molecule has 0 saturated carbocycles. The van der Waals surface area contributed by atoms with E-state index >= 15 is 0 Å². The van der Waals surface area contributed by atoms with Crippen LogP contribution in [0, 0.1) is 6.92 Å². The highest BCUT2D eigenvalue weighted by Crippen LogP contribution is 2.52. The van der Waals surface area contributed by atoms with Crippen LogP contribution in [-0.4, -0.2) is 27.6 Å². The lowest BCUT2D eigenvalue weighted by Crippen LogP contribution is -2.59. The van der Waals surface area contributed by atoms with E-state index in [4.69, 9.17) is 9.47 Å². The number of hydrogen-bond donors (Lipinski definition) is 0. The molecule has 0 amide bonds. The summed E-state index contributed by atoms with van der Waals surface area (Å²) in [5.41, 5.74) is 13.3. The normalized spacial score (nSPS) is 15.9. The zero-order valence-electron chi connectivity index (χ0n) is 40.5. The Balaban J connectivity index is 0.901. The minimum atomic E-state index is -1.24. The monoisotopic (exact) mass is 900 g/mol. The number of ether oxygens (including phenoxy) is 2. The third kappa shape index (κ3) is 9.06. The number of fused-ring (bicyclic) bond motifs is 5. The molecular weight excluding hydrogens is 836 g/mol. The van der Waals surface area contributed by atoms with Gasteiger partial charge < -0.3 is 9.47 Å². The van der Waals surface area contributed by atoms with Crippen LogP contribution in [0.1, 0.15) is 117 Å². The molecule has 4 nitrogen and oxygen atoms in total. The van der Waals surface area contributed by atoms with Crippen LogP contribution in [0.3, 0.4) is 0 Å². The zero-order valence-corrected chi connectivity index (χ0v) is 41.4. The van der Waals surface area contributed by atoms with Gasteiger partial charge in [-0.15, -0.1) is 0 Å². The Bertz CT molecular complexity index is 2940. The van der Waals surface area contributed by atoms with Crippen LogP contribution in [0.2, 0.25) is 0 Å². The Morgan fingerprint density at radius 2 is 0.806 bits per heavy atom. The quantitative estimate of drug-likeness (QED) is 0.0654. The van der Waals surface area contributed by atoms with E-state index in [0.717, 1.165) is 85.4 Å². The van der Waals surface area contributed by atoms with Crippen LogP contribution in [-0.2, 0) is 36.5 Å². The Hall–Kier alpha value is -6.09. The second kappa shape index (κ2) is 18.2. The molecule has 10 rings (SSSR count). The minimum absolute atomic E-state index is 0.148. The fraction of sp³-hybridized carbons (Fsp3) is 0.290. The summed E-state index contributed by atoms with van der Waals surface area (Å²) >= 11 is 0. The summed E-state index contributed by atoms with van der Waals surface area (Å²) in [6.45, 7) is 15.9. The number of nitrogens with zero attached hydrogens (tertiary/aromatic N) is 2. The minimum Gasteiger partial charge on any atom is -0.339 e. The van der Waals surface area contributed by atoms with Gasteiger partial charge in [0.1, 0.15) is 0 Å². The fourth-order valence-corrected chi connectivity index (χ4v) is 12.4. The largest absolute Gasteiger partial charge is 0.715 e. The number of unbranched alkanes of at least 4 members (excludes halogenated alkanes) is 2. The third-order valence-electron chi connectivity index (χ3n) is 13.7. The highest BCUT2D eigenvalue weighted by molar-refractivity contribution is 7.79. The number of hydrogen-bond acceptors (Lipinski definition) is 2. The Kier molecular flexibility index (Phi) is 12.1. The van der Waals surface area contributed by atoms with Gasteiger partial charge >= 0.3 is 6.03 Å². The van der Waals surface area contributed by atoms with E-state index in [0.29, 0.717) is 0 Å². The van der Waals surface area contributed by atoms with Gasteiger partial charge in [0.15, 0.2) is 23.9 Å². The molecule has 0 radical (unpaired) electrons. The first kappa shape index (κ1) is 44.7. The molecule has 67 heavy (non-hydrogen) atoms. The fourth-order valence-electron chi connectivity index (χ4n) is 10.1. The van der Waals surface area contributed by atoms with Crippen molar-refractivity contribution in [2.24, 2.45) is 0 Å². The van der Waals surface area contributed by atoms with Gasteiger partial charge in [-0.3, -0.25) is 0 Å². The number of benzene rings is 7. The van der Waals surface area contributed by atoms with E-state index in [1.807, 2.05) is 0 Å². The van der Waals surface area contributed by atoms with E-state index < -0.39 is 14.0 Å². The van der Waals surface area contributed by atoms with Crippen molar-refractivity contribution < 1.29 is 18.6 Å². The maximum atomic E-state index is 7.46. The summed E-state index contributed by atoms with van der Waals surface area (Å²) in [6.07, 6.45) is 13.3. The molecular formula is C62H65N2O2P+2. The first-order valence-corrected chi connectivity index (χ1v) is 25.8. The van der Waals surface area contributed by atoms with E-state index in [9.17, 15) is 0 Å². The average Bonchev–Trinajstić information content (AvgIpc) is 3.59. The van der Waals surface area contributed by atoms with Crippen LogP contribution < -0.4 is 25.4 Å². The number of aryl methyl sites for hydroxylation is 5. The lowest BCUT2D eigenvalue weighted by Gasteiger charge is -2.33. The standard InChI is InChI=1S/C62H65N2O2P/c1-44-30-32-45(33-31-44)20-14-16-22-47-38-49-42-63-56-28-18-19-29-57(56)64-43-50-39-48(41-55(61(5,6)7)59(50)66-62(63,64)65-58(49)54(40-47)60(2,3)4)23-17-15-21-46-34-36-53(37-35-46)67(51-24-10-8-11-25-51)52-26-12-9-13-27-52/h8-13,18-19,24-43H,14-17,20-23H2,1-7H3/q+2. The Labute approximate surface area is 400 Å². The van der Waals surface area contributed by atoms with Gasteiger partial charge in [0, 0.05) is 23.3 Å². The van der Waals surface area contributed by atoms with Gasteiger partial charge in [-0.2, -0.15) is 0 Å². The maximum absolute atomic E-state index is 7.46. The van der Waals surface area contributed by atoms with Crippen LogP contribution in [0.5, 0.6) is 11.5 Å². The van der Waals surface area contributed by atoms with Gasteiger partial charge in [0.2, 0.25) is 0 Å². The van der Waals surface area contributed by atoms with Crippen molar-refractivity contribution in [1.82, 2.24) is 0 Å². The SMILES string of the molecule is Cc1ccc(CCCCc2cc3c(c(C(C)(C)C)c2)OC24Oc5c(cc(CCCCc6ccc(P(c7ccccc7)c7ccccc7)cc6)cc5C(C)(C)C)C=[N+]2c2ccccc2[N+]4=C3)cc1. The highest BCUT2D eigenvalue weighted by atomic mass is 31.1. The zero-order chi connectivity index (χ0) is 46.3. The maximum Gasteiger partial charge on any atom is 0.715 e. The van der Waals surface area contributed by atoms with Crippen LogP contribution in [0.4, 0.5) is 11.4 Å². The molecule has 1 atom stereocenters. The molecule has 3 aliphatic rings. The van der Waals surface area contributed by atoms with Crippen molar-refractivity contribution in [2.75, 3.05) is 0 Å². The lowest BCUT2D eigenvalue weighted by molar-refractivity contribution is -0.831. The van der Waals surface area contributed by atoms with Gasteiger partial charge in [-0.25, -0.2) is 0 Å². The number of para-hydroxylation sites is 2. The summed E-state index contributed by atoms with van der Waals surface area (Å²) in [6, 6.07) is 57.3. The predicted molar refractivity (Wildman–Crippen MR) is 280 cm³/mol. The molecule has 0 fully saturated rings. The summed E-state index contributed by atoms with van der Waals surface area (Å²) in [5, 5.41) is 4.16. The lowest BCUT2D eigenvalue weighted by atomic mass is 9.83. The van der Waals surface area contributed by atoms with Gasteiger partial charge in [0.25, 0.3) is 11.4 Å². The second-order valence-corrected chi connectivity index (χ2v) is 23.2. The molecule has 338 valence electrons. The Morgan fingerprint density at radius 3 is 1.22 bits per heavy atom. The molecule has 1 unspecified atom stereocenters. The van der Waals surface area contributed by atoms with Crippen molar-refractivity contribution in [3.63, 3.8) is 0 Å². The molecule has 0 N–H and O–H groups in total. The molecule has 7 aromatic carbocycles. The van der Waals surface area contributed by atoms with Crippen molar-refractivity contribution in [2.45, 2.75) is 117 Å². The third-order valence-corrected chi connectivity index (χ3v) is 16.1. The van der Waals surface area contributed by atoms with Crippen LogP contribution >= 0.6 is 7.92 Å². The van der Waals surface area contributed by atoms with E-state index in [2.05, 4.69) is 228 Å². The molecule has 1 spiro atoms. The first-order valence-electron chi connectivity index (χ1n) is 24.5. The Morgan fingerprint density at radius 1 is 0.433 bits per heavy atom. The predicted octanol–water partition coefficient (Wildman–Crippen LogP) is 13.4. The van der Waals surface area contributed by atoms with Gasteiger partial charge in [0.05, 0.1) is 11.1 Å². The van der Waals surface area contributed by atoms with E-state index in [-0.39, 0.29) is 10.8 Å². The summed E-state index contributed by atoms with van der Waals surface area (Å²) in [7, 11) is -0.602. The van der Waals surface area contributed by atoms with Gasteiger partial charge in [-0.1, -0.05) is 181 Å². The molecule has 0 bridgehead atoms. The van der Waals surface area contributed by atoms with Crippen molar-refractivity contribution in [1.29, 1.82) is 0 Å². The first-order chi connectivity index (χ1) is 32.3. The molecule has 3 heterocycles.